The topological polar surface area (TPSA) is 177 Å². The van der Waals surface area contributed by atoms with E-state index in [-0.39, 0.29) is 0 Å². The van der Waals surface area contributed by atoms with E-state index in [1.807, 2.05) is 0 Å². The predicted octanol–water partition coefficient (Wildman–Crippen LogP) is -3.87. The van der Waals surface area contributed by atoms with Crippen LogP contribution in [0.25, 0.3) is 0 Å². The van der Waals surface area contributed by atoms with E-state index >= 15 is 0 Å². The van der Waals surface area contributed by atoms with Crippen LogP contribution < -0.4 is 5.32 Å². The molecule has 6 atom stereocenters. The highest BCUT2D eigenvalue weighted by Gasteiger charge is 2.53. The van der Waals surface area contributed by atoms with E-state index in [2.05, 4.69) is 5.32 Å². The normalized spacial score (nSPS) is 35.8. The molecule has 1 heterocycles. The second-order valence-corrected chi connectivity index (χ2v) is 4.91. The number of nitrogens with one attached hydrogen (secondary N) is 1. The van der Waals surface area contributed by atoms with Crippen LogP contribution in [0.1, 0.15) is 13.3 Å². The van der Waals surface area contributed by atoms with Crippen molar-refractivity contribution in [2.24, 2.45) is 0 Å². The summed E-state index contributed by atoms with van der Waals surface area (Å²) in [6, 6.07) is -1.27. The molecule has 7 N–H and O–H groups in total. The Kier molecular flexibility index (Phi) is 5.61. The zero-order chi connectivity index (χ0) is 16.4. The quantitative estimate of drug-likeness (QED) is 0.250. The lowest BCUT2D eigenvalue weighted by Crippen LogP contribution is -2.67. The summed E-state index contributed by atoms with van der Waals surface area (Å²) < 4.78 is 4.86. The Morgan fingerprint density at radius 2 is 2.00 bits per heavy atom. The molecule has 10 nitrogen and oxygen atoms in total. The molecule has 1 unspecified atom stereocenters. The molecule has 1 saturated heterocycles. The van der Waals surface area contributed by atoms with Gasteiger partial charge in [-0.2, -0.15) is 0 Å². The molecule has 0 aromatic heterocycles. The first-order valence-electron chi connectivity index (χ1n) is 6.18. The van der Waals surface area contributed by atoms with Crippen molar-refractivity contribution in [1.82, 2.24) is 5.32 Å². The van der Waals surface area contributed by atoms with Gasteiger partial charge in [0.2, 0.25) is 5.91 Å². The minimum atomic E-state index is -2.78. The van der Waals surface area contributed by atoms with Crippen LogP contribution in [-0.2, 0) is 14.3 Å². The van der Waals surface area contributed by atoms with Gasteiger partial charge >= 0.3 is 5.97 Å². The monoisotopic (exact) mass is 311 g/mol. The van der Waals surface area contributed by atoms with Gasteiger partial charge in [0.05, 0.1) is 18.8 Å². The third-order valence-corrected chi connectivity index (χ3v) is 3.21. The molecule has 1 amide bonds. The first kappa shape index (κ1) is 17.8. The van der Waals surface area contributed by atoms with Crippen LogP contribution in [0.5, 0.6) is 0 Å². The summed E-state index contributed by atoms with van der Waals surface area (Å²) in [7, 11) is 0. The zero-order valence-electron chi connectivity index (χ0n) is 11.2. The highest BCUT2D eigenvalue weighted by molar-refractivity contribution is 5.76. The summed E-state index contributed by atoms with van der Waals surface area (Å²) in [5.41, 5.74) is 0. The molecule has 0 aromatic carbocycles. The van der Waals surface area contributed by atoms with E-state index in [4.69, 9.17) is 14.9 Å². The molecule has 1 aliphatic rings. The van der Waals surface area contributed by atoms with E-state index in [0.29, 0.717) is 0 Å². The van der Waals surface area contributed by atoms with Crippen LogP contribution in [-0.4, -0.2) is 85.4 Å². The molecular formula is C11H19NO9. The van der Waals surface area contributed by atoms with Crippen molar-refractivity contribution in [2.75, 3.05) is 6.61 Å². The smallest absolute Gasteiger partial charge is 0.364 e. The number of hydrogen-bond donors (Lipinski definition) is 7. The number of rotatable bonds is 5. The van der Waals surface area contributed by atoms with Crippen molar-refractivity contribution in [3.8, 4) is 0 Å². The van der Waals surface area contributed by atoms with Gasteiger partial charge in [0, 0.05) is 13.3 Å². The molecule has 0 radical (unpaired) electrons. The molecule has 1 rings (SSSR count). The number of aliphatic carboxylic acids is 1. The number of ether oxygens (including phenoxy) is 1. The lowest BCUT2D eigenvalue weighted by molar-refractivity contribution is -0.295. The van der Waals surface area contributed by atoms with Gasteiger partial charge < -0.3 is 40.7 Å². The van der Waals surface area contributed by atoms with Crippen molar-refractivity contribution >= 4 is 11.9 Å². The highest BCUT2D eigenvalue weighted by atomic mass is 16.7. The van der Waals surface area contributed by atoms with Crippen LogP contribution in [0, 0.1) is 0 Å². The van der Waals surface area contributed by atoms with Crippen LogP contribution in [0.15, 0.2) is 0 Å². The average Bonchev–Trinajstić information content (AvgIpc) is 2.39. The number of aliphatic hydroxyl groups is 5. The largest absolute Gasteiger partial charge is 0.477 e. The minimum Gasteiger partial charge on any atom is -0.477 e. The molecule has 21 heavy (non-hydrogen) atoms. The maximum atomic E-state index is 11.1. The molecule has 0 spiro atoms. The Balaban J connectivity index is 3.07. The van der Waals surface area contributed by atoms with Crippen LogP contribution >= 0.6 is 0 Å². The maximum absolute atomic E-state index is 11.1. The molecule has 1 aliphatic heterocycles. The van der Waals surface area contributed by atoms with Gasteiger partial charge in [-0.25, -0.2) is 4.79 Å². The first-order valence-corrected chi connectivity index (χ1v) is 6.18. The number of aliphatic hydroxyl groups excluding tert-OH is 4. The Morgan fingerprint density at radius 3 is 2.43 bits per heavy atom. The highest BCUT2D eigenvalue weighted by Crippen LogP contribution is 2.30. The molecule has 122 valence electrons. The van der Waals surface area contributed by atoms with E-state index < -0.39 is 61.1 Å². The fourth-order valence-electron chi connectivity index (χ4n) is 2.14. The summed E-state index contributed by atoms with van der Waals surface area (Å²) in [5, 5.41) is 59.0. The Bertz CT molecular complexity index is 403. The van der Waals surface area contributed by atoms with Crippen molar-refractivity contribution in [3.63, 3.8) is 0 Å². The predicted molar refractivity (Wildman–Crippen MR) is 64.8 cm³/mol. The number of carboxylic acid groups (broad SMARTS) is 1. The molecule has 1 fully saturated rings. The third-order valence-electron chi connectivity index (χ3n) is 3.21. The summed E-state index contributed by atoms with van der Waals surface area (Å²) in [5.74, 6) is -5.17. The van der Waals surface area contributed by atoms with Gasteiger partial charge in [-0.1, -0.05) is 0 Å². The lowest BCUT2D eigenvalue weighted by atomic mass is 9.96. The van der Waals surface area contributed by atoms with Gasteiger partial charge in [0.25, 0.3) is 5.79 Å². The molecule has 0 aliphatic carbocycles. The van der Waals surface area contributed by atoms with Crippen molar-refractivity contribution in [1.29, 1.82) is 0 Å². The SMILES string of the molecule is CC(=O)N[C@H]1[C@H]([C@@H](O)[C@@H](O)[13CH2]O)OC(O)(C(=O)O)[13CH2][C@@H]1O. The second-order valence-electron chi connectivity index (χ2n) is 4.91. The number of carbonyl (C=O) groups excluding carboxylic acids is 1. The Morgan fingerprint density at radius 1 is 1.43 bits per heavy atom. The summed E-state index contributed by atoms with van der Waals surface area (Å²) in [4.78, 5) is 22.1. The van der Waals surface area contributed by atoms with Crippen LogP contribution in [0.2, 0.25) is 0 Å². The maximum Gasteiger partial charge on any atom is 0.364 e. The number of carbonyl (C=O) groups is 2. The molecule has 0 aromatic rings. The van der Waals surface area contributed by atoms with Crippen molar-refractivity contribution in [3.05, 3.63) is 0 Å². The second kappa shape index (κ2) is 6.64. The van der Waals surface area contributed by atoms with Gasteiger partial charge in [-0.3, -0.25) is 4.79 Å². The fraction of sp³-hybridized carbons (Fsp3) is 0.818. The molecule has 0 bridgehead atoms. The number of carboxylic acids is 1. The van der Waals surface area contributed by atoms with Gasteiger partial charge in [-0.05, 0) is 0 Å². The lowest BCUT2D eigenvalue weighted by Gasteiger charge is -2.44. The molecular weight excluding hydrogens is 292 g/mol. The third kappa shape index (κ3) is 3.87. The van der Waals surface area contributed by atoms with Gasteiger partial charge in [0.1, 0.15) is 18.3 Å². The van der Waals surface area contributed by atoms with Crippen molar-refractivity contribution < 1.29 is 45.0 Å². The van der Waals surface area contributed by atoms with Crippen molar-refractivity contribution in [2.45, 2.75) is 49.6 Å². The van der Waals surface area contributed by atoms with Gasteiger partial charge in [0.15, 0.2) is 0 Å². The summed E-state index contributed by atoms with van der Waals surface area (Å²) >= 11 is 0. The number of amides is 1. The number of hydrogen-bond acceptors (Lipinski definition) is 8. The van der Waals surface area contributed by atoms with Crippen LogP contribution in [0.3, 0.4) is 0 Å². The van der Waals surface area contributed by atoms with E-state index in [1.54, 1.807) is 0 Å². The van der Waals surface area contributed by atoms with E-state index in [0.717, 1.165) is 6.92 Å². The zero-order valence-corrected chi connectivity index (χ0v) is 11.2. The Hall–Kier alpha value is -1.30. The molecule has 0 saturated carbocycles. The van der Waals surface area contributed by atoms with Gasteiger partial charge in [-0.15, -0.1) is 0 Å². The minimum absolute atomic E-state index is 0.598. The summed E-state index contributed by atoms with van der Waals surface area (Å²) in [6.45, 7) is 0.256. The van der Waals surface area contributed by atoms with E-state index in [1.165, 1.54) is 0 Å². The van der Waals surface area contributed by atoms with E-state index in [9.17, 15) is 30.0 Å². The average molecular weight is 311 g/mol. The first-order chi connectivity index (χ1) is 9.62. The fourth-order valence-corrected chi connectivity index (χ4v) is 2.14. The summed E-state index contributed by atoms with van der Waals surface area (Å²) in [6.07, 6.45) is -7.48. The van der Waals surface area contributed by atoms with Crippen LogP contribution in [0.4, 0.5) is 0 Å². The Labute approximate surface area is 119 Å². The standard InChI is InChI=1S/C11H19NO9/c1-4(14)12-7-5(15)2-11(20,10(18)19)21-9(7)8(17)6(16)3-13/h5-9,13,15-17,20H,2-3H2,1H3,(H,12,14)(H,18,19)/t5-,6-,7+,8-,9+,11?/m0/s1/i2+1,3+1. The molecule has 10 heteroatoms.